The summed E-state index contributed by atoms with van der Waals surface area (Å²) in [5.41, 5.74) is 7.30. The third-order valence-corrected chi connectivity index (χ3v) is 6.28. The molecule has 0 bridgehead atoms. The molecule has 1 aliphatic heterocycles. The minimum absolute atomic E-state index is 0.0268. The van der Waals surface area contributed by atoms with Crippen LogP contribution in [0.5, 0.6) is 0 Å². The number of hydrogen-bond acceptors (Lipinski definition) is 5. The number of anilines is 1. The Balaban J connectivity index is 1.55. The Hall–Kier alpha value is -3.28. The maximum atomic E-state index is 13.3. The number of aryl methyl sites for hydroxylation is 3. The van der Waals surface area contributed by atoms with Crippen molar-refractivity contribution < 1.29 is 4.79 Å². The van der Waals surface area contributed by atoms with E-state index in [9.17, 15) is 4.79 Å². The lowest BCUT2D eigenvalue weighted by Gasteiger charge is -2.32. The van der Waals surface area contributed by atoms with Gasteiger partial charge in [0.05, 0.1) is 0 Å². The second-order valence-electron chi connectivity index (χ2n) is 9.32. The molecule has 1 atom stereocenters. The van der Waals surface area contributed by atoms with Gasteiger partial charge in [0.15, 0.2) is 0 Å². The lowest BCUT2D eigenvalue weighted by Crippen LogP contribution is -2.40. The lowest BCUT2D eigenvalue weighted by atomic mass is 9.91. The largest absolute Gasteiger partial charge is 0.347 e. The van der Waals surface area contributed by atoms with Crippen LogP contribution in [0.2, 0.25) is 0 Å². The van der Waals surface area contributed by atoms with Gasteiger partial charge >= 0.3 is 0 Å². The Bertz CT molecular complexity index is 1160. The van der Waals surface area contributed by atoms with E-state index in [1.807, 2.05) is 30.8 Å². The quantitative estimate of drug-likeness (QED) is 0.582. The third kappa shape index (κ3) is 5.38. The first-order valence-electron chi connectivity index (χ1n) is 11.6. The van der Waals surface area contributed by atoms with Gasteiger partial charge in [-0.2, -0.15) is 0 Å². The van der Waals surface area contributed by atoms with E-state index in [1.54, 1.807) is 6.07 Å². The second-order valence-corrected chi connectivity index (χ2v) is 9.32. The summed E-state index contributed by atoms with van der Waals surface area (Å²) in [5.74, 6) is 0.767. The Labute approximate surface area is 196 Å². The first-order chi connectivity index (χ1) is 15.8. The molecule has 1 fully saturated rings. The van der Waals surface area contributed by atoms with Crippen LogP contribution in [-0.2, 0) is 6.42 Å². The topological polar surface area (TPSA) is 62.2 Å². The summed E-state index contributed by atoms with van der Waals surface area (Å²) in [4.78, 5) is 30.9. The number of carbonyl (C=O) groups is 1. The minimum Gasteiger partial charge on any atom is -0.347 e. The average molecular weight is 444 g/mol. The number of rotatable bonds is 5. The van der Waals surface area contributed by atoms with Gasteiger partial charge in [0.2, 0.25) is 5.95 Å². The van der Waals surface area contributed by atoms with E-state index >= 15 is 0 Å². The highest BCUT2D eigenvalue weighted by Crippen LogP contribution is 2.28. The molecule has 4 rings (SSSR count). The van der Waals surface area contributed by atoms with E-state index in [-0.39, 0.29) is 11.8 Å². The Morgan fingerprint density at radius 2 is 1.79 bits per heavy atom. The lowest BCUT2D eigenvalue weighted by molar-refractivity contribution is 0.0699. The van der Waals surface area contributed by atoms with Crippen LogP contribution in [0.15, 0.2) is 42.5 Å². The molecule has 33 heavy (non-hydrogen) atoms. The van der Waals surface area contributed by atoms with Gasteiger partial charge in [-0.05, 0) is 74.9 Å². The summed E-state index contributed by atoms with van der Waals surface area (Å²) in [6, 6.07) is 14.7. The van der Waals surface area contributed by atoms with E-state index in [1.165, 1.54) is 16.7 Å². The van der Waals surface area contributed by atoms with Gasteiger partial charge in [0, 0.05) is 50.2 Å². The number of nitrogens with zero attached hydrogens (tertiary/aromatic N) is 5. The van der Waals surface area contributed by atoms with Crippen molar-refractivity contribution in [3.8, 4) is 0 Å². The van der Waals surface area contributed by atoms with Crippen LogP contribution < -0.4 is 4.90 Å². The number of likely N-dealkylation sites (tertiary alicyclic amines) is 1. The van der Waals surface area contributed by atoms with Crippen LogP contribution in [0.1, 0.15) is 63.0 Å². The Morgan fingerprint density at radius 3 is 2.55 bits per heavy atom. The molecule has 1 amide bonds. The number of piperidine rings is 1. The highest BCUT2D eigenvalue weighted by Gasteiger charge is 2.28. The first-order valence-corrected chi connectivity index (χ1v) is 11.6. The highest BCUT2D eigenvalue weighted by atomic mass is 16.2. The molecule has 1 aromatic carbocycles. The molecule has 2 aromatic heterocycles. The van der Waals surface area contributed by atoms with Gasteiger partial charge in [-0.25, -0.2) is 9.97 Å². The van der Waals surface area contributed by atoms with Crippen LogP contribution in [0.25, 0.3) is 0 Å². The molecule has 3 aromatic rings. The third-order valence-electron chi connectivity index (χ3n) is 6.28. The fourth-order valence-electron chi connectivity index (χ4n) is 4.54. The molecule has 0 radical (unpaired) electrons. The normalized spacial score (nSPS) is 16.0. The van der Waals surface area contributed by atoms with Crippen LogP contribution in [0, 0.1) is 20.8 Å². The van der Waals surface area contributed by atoms with Crippen LogP contribution in [-0.4, -0.2) is 52.9 Å². The van der Waals surface area contributed by atoms with E-state index in [0.717, 1.165) is 42.9 Å². The molecule has 3 heterocycles. The number of amides is 1. The summed E-state index contributed by atoms with van der Waals surface area (Å²) in [7, 11) is 3.77. The summed E-state index contributed by atoms with van der Waals surface area (Å²) in [5, 5.41) is 0. The van der Waals surface area contributed by atoms with Crippen molar-refractivity contribution >= 4 is 11.9 Å². The molecule has 0 N–H and O–H groups in total. The van der Waals surface area contributed by atoms with Crippen LogP contribution >= 0.6 is 0 Å². The molecule has 1 saturated heterocycles. The first kappa shape index (κ1) is 22.9. The number of carbonyl (C=O) groups excluding carboxylic acids is 1. The van der Waals surface area contributed by atoms with E-state index in [2.05, 4.69) is 60.2 Å². The molecular weight excluding hydrogens is 410 g/mol. The number of pyridine rings is 1. The maximum absolute atomic E-state index is 13.3. The van der Waals surface area contributed by atoms with Crippen molar-refractivity contribution in [3.05, 3.63) is 81.9 Å². The van der Waals surface area contributed by atoms with Gasteiger partial charge in [-0.15, -0.1) is 0 Å². The van der Waals surface area contributed by atoms with Crippen LogP contribution in [0.3, 0.4) is 0 Å². The number of aromatic nitrogens is 3. The Morgan fingerprint density at radius 1 is 1.03 bits per heavy atom. The summed E-state index contributed by atoms with van der Waals surface area (Å²) in [6.07, 6.45) is 2.89. The fraction of sp³-hybridized carbons (Fsp3) is 0.407. The molecule has 1 aliphatic rings. The van der Waals surface area contributed by atoms with Crippen molar-refractivity contribution in [1.29, 1.82) is 0 Å². The van der Waals surface area contributed by atoms with Crippen molar-refractivity contribution in [3.63, 3.8) is 0 Å². The molecule has 172 valence electrons. The SMILES string of the molecule is Cc1cc(Cc2ccccc2C)cc([C@H]2CCCN(C(=O)c3cc(C)nc(N(C)C)n3)C2)n1. The van der Waals surface area contributed by atoms with Crippen molar-refractivity contribution in [2.75, 3.05) is 32.1 Å². The summed E-state index contributed by atoms with van der Waals surface area (Å²) >= 11 is 0. The van der Waals surface area contributed by atoms with Crippen molar-refractivity contribution in [2.45, 2.75) is 46.0 Å². The molecule has 0 aliphatic carbocycles. The molecule has 6 nitrogen and oxygen atoms in total. The predicted octanol–water partition coefficient (Wildman–Crippen LogP) is 4.47. The van der Waals surface area contributed by atoms with E-state index in [0.29, 0.717) is 18.2 Å². The van der Waals surface area contributed by atoms with Gasteiger partial charge in [0.1, 0.15) is 5.69 Å². The van der Waals surface area contributed by atoms with E-state index in [4.69, 9.17) is 4.98 Å². The highest BCUT2D eigenvalue weighted by molar-refractivity contribution is 5.92. The van der Waals surface area contributed by atoms with E-state index < -0.39 is 0 Å². The van der Waals surface area contributed by atoms with Gasteiger partial charge < -0.3 is 9.80 Å². The fourth-order valence-corrected chi connectivity index (χ4v) is 4.54. The molecule has 6 heteroatoms. The monoisotopic (exact) mass is 443 g/mol. The van der Waals surface area contributed by atoms with Crippen molar-refractivity contribution in [2.24, 2.45) is 0 Å². The zero-order valence-corrected chi connectivity index (χ0v) is 20.3. The number of benzene rings is 1. The minimum atomic E-state index is -0.0268. The summed E-state index contributed by atoms with van der Waals surface area (Å²) in [6.45, 7) is 7.53. The molecule has 0 unspecified atom stereocenters. The molecule has 0 spiro atoms. The molecule has 0 saturated carbocycles. The maximum Gasteiger partial charge on any atom is 0.272 e. The standard InChI is InChI=1S/C27H33N5O/c1-18-9-6-7-10-22(18)15-21-13-19(2)28-24(16-21)23-11-8-12-32(17-23)26(33)25-14-20(3)29-27(30-25)31(4)5/h6-7,9-10,13-14,16,23H,8,11-12,15,17H2,1-5H3/t23-/m0/s1. The summed E-state index contributed by atoms with van der Waals surface area (Å²) < 4.78 is 0. The van der Waals surface area contributed by atoms with Gasteiger partial charge in [-0.1, -0.05) is 24.3 Å². The van der Waals surface area contributed by atoms with Gasteiger partial charge in [0.25, 0.3) is 5.91 Å². The Kier molecular flexibility index (Phi) is 6.72. The van der Waals surface area contributed by atoms with Gasteiger partial charge in [-0.3, -0.25) is 9.78 Å². The zero-order valence-electron chi connectivity index (χ0n) is 20.3. The van der Waals surface area contributed by atoms with Crippen molar-refractivity contribution in [1.82, 2.24) is 19.9 Å². The average Bonchev–Trinajstić information content (AvgIpc) is 2.79. The molecular formula is C27H33N5O. The number of hydrogen-bond donors (Lipinski definition) is 0. The smallest absolute Gasteiger partial charge is 0.272 e. The van der Waals surface area contributed by atoms with Crippen LogP contribution in [0.4, 0.5) is 5.95 Å². The second kappa shape index (κ2) is 9.69. The predicted molar refractivity (Wildman–Crippen MR) is 132 cm³/mol. The zero-order chi connectivity index (χ0) is 23.5.